The summed E-state index contributed by atoms with van der Waals surface area (Å²) >= 11 is 0. The zero-order chi connectivity index (χ0) is 20.8. The first-order valence-corrected chi connectivity index (χ1v) is 9.27. The number of piperazine rings is 1. The van der Waals surface area contributed by atoms with E-state index in [2.05, 4.69) is 0 Å². The van der Waals surface area contributed by atoms with Crippen molar-refractivity contribution < 1.29 is 44.3 Å². The third kappa shape index (κ3) is 6.34. The van der Waals surface area contributed by atoms with Crippen LogP contribution >= 0.6 is 0 Å². The molecule has 0 radical (unpaired) electrons. The number of carbonyl (C=O) groups is 3. The van der Waals surface area contributed by atoms with E-state index in [-0.39, 0.29) is 46.8 Å². The standard InChI is InChI=1S/C17H28N2O9.CH4/c1-10(21)13(16(24)25)18-4-6-19(7-5-18)17(26)27-8-2-3-11-14(22)15(23)12(9-20)28-11;/h11-15,20,22-23H,2-9H2,1H3,(H,24,25);1H4. The Kier molecular flexibility index (Phi) is 9.93. The molecule has 11 nitrogen and oxygen atoms in total. The molecule has 0 aromatic heterocycles. The summed E-state index contributed by atoms with van der Waals surface area (Å²) in [5, 5.41) is 37.7. The Bertz CT molecular complexity index is 552. The van der Waals surface area contributed by atoms with Gasteiger partial charge in [-0.2, -0.15) is 0 Å². The van der Waals surface area contributed by atoms with Crippen LogP contribution in [0.25, 0.3) is 0 Å². The first-order valence-electron chi connectivity index (χ1n) is 9.27. The third-order valence-electron chi connectivity index (χ3n) is 5.06. The molecular formula is C18H32N2O9. The lowest BCUT2D eigenvalue weighted by Gasteiger charge is -2.36. The molecule has 2 rings (SSSR count). The monoisotopic (exact) mass is 420 g/mol. The summed E-state index contributed by atoms with van der Waals surface area (Å²) in [5.41, 5.74) is 0. The summed E-state index contributed by atoms with van der Waals surface area (Å²) < 4.78 is 10.5. The van der Waals surface area contributed by atoms with E-state index in [1.54, 1.807) is 0 Å². The maximum absolute atomic E-state index is 12.1. The Hall–Kier alpha value is -1.79. The molecule has 0 bridgehead atoms. The molecule has 168 valence electrons. The number of rotatable bonds is 8. The number of Topliss-reactive ketones (excluding diaryl/α,β-unsaturated/α-hetero) is 1. The number of amides is 1. The molecular weight excluding hydrogens is 388 g/mol. The van der Waals surface area contributed by atoms with Crippen LogP contribution in [0.3, 0.4) is 0 Å². The molecule has 0 saturated carbocycles. The number of aliphatic carboxylic acids is 1. The van der Waals surface area contributed by atoms with Crippen molar-refractivity contribution in [2.45, 2.75) is 57.6 Å². The summed E-state index contributed by atoms with van der Waals surface area (Å²) in [6, 6.07) is -1.20. The number of hydrogen-bond donors (Lipinski definition) is 4. The van der Waals surface area contributed by atoms with E-state index in [1.807, 2.05) is 0 Å². The molecule has 5 atom stereocenters. The summed E-state index contributed by atoms with van der Waals surface area (Å²) in [5.74, 6) is -1.65. The predicted octanol–water partition coefficient (Wildman–Crippen LogP) is -1.32. The molecule has 0 aliphatic carbocycles. The Balaban J connectivity index is 0.00000420. The SMILES string of the molecule is C.CC(=O)C(C(=O)O)N1CCN(C(=O)OCCCC2OC(CO)C(O)C2O)CC1. The molecule has 5 unspecified atom stereocenters. The van der Waals surface area contributed by atoms with Crippen molar-refractivity contribution in [3.8, 4) is 0 Å². The fraction of sp³-hybridized carbons (Fsp3) is 0.833. The summed E-state index contributed by atoms with van der Waals surface area (Å²) in [4.78, 5) is 37.7. The number of carbonyl (C=O) groups excluding carboxylic acids is 2. The number of ether oxygens (including phenoxy) is 2. The summed E-state index contributed by atoms with van der Waals surface area (Å²) in [6.07, 6.45) is -3.45. The Morgan fingerprint density at radius 2 is 1.69 bits per heavy atom. The van der Waals surface area contributed by atoms with Crippen LogP contribution in [0.2, 0.25) is 0 Å². The Labute approximate surface area is 169 Å². The van der Waals surface area contributed by atoms with Crippen LogP contribution in [0, 0.1) is 0 Å². The lowest BCUT2D eigenvalue weighted by Crippen LogP contribution is -2.56. The average Bonchev–Trinajstić information content (AvgIpc) is 2.93. The average molecular weight is 420 g/mol. The maximum atomic E-state index is 12.1. The largest absolute Gasteiger partial charge is 0.480 e. The predicted molar refractivity (Wildman–Crippen MR) is 100 cm³/mol. The maximum Gasteiger partial charge on any atom is 0.409 e. The van der Waals surface area contributed by atoms with Gasteiger partial charge in [-0.25, -0.2) is 4.79 Å². The van der Waals surface area contributed by atoms with Crippen LogP contribution in [0.4, 0.5) is 4.79 Å². The second-order valence-electron chi connectivity index (χ2n) is 7.01. The molecule has 0 aromatic rings. The second-order valence-corrected chi connectivity index (χ2v) is 7.01. The van der Waals surface area contributed by atoms with Gasteiger partial charge in [-0.15, -0.1) is 0 Å². The Morgan fingerprint density at radius 1 is 1.10 bits per heavy atom. The van der Waals surface area contributed by atoms with Gasteiger partial charge in [-0.1, -0.05) is 7.43 Å². The van der Waals surface area contributed by atoms with Crippen LogP contribution in [-0.2, 0) is 19.1 Å². The minimum Gasteiger partial charge on any atom is -0.480 e. The number of carboxylic acid groups (broad SMARTS) is 1. The van der Waals surface area contributed by atoms with Gasteiger partial charge in [-0.3, -0.25) is 14.5 Å². The van der Waals surface area contributed by atoms with E-state index in [0.29, 0.717) is 12.8 Å². The first kappa shape index (κ1) is 25.2. The lowest BCUT2D eigenvalue weighted by molar-refractivity contribution is -0.148. The van der Waals surface area contributed by atoms with Gasteiger partial charge in [0.25, 0.3) is 0 Å². The van der Waals surface area contributed by atoms with Gasteiger partial charge in [0, 0.05) is 26.2 Å². The number of ketones is 1. The summed E-state index contributed by atoms with van der Waals surface area (Å²) in [6.45, 7) is 1.96. The number of nitrogens with zero attached hydrogens (tertiary/aromatic N) is 2. The molecule has 0 spiro atoms. The van der Waals surface area contributed by atoms with Gasteiger partial charge < -0.3 is 34.8 Å². The fourth-order valence-corrected chi connectivity index (χ4v) is 3.50. The molecule has 2 heterocycles. The van der Waals surface area contributed by atoms with Crippen molar-refractivity contribution in [2.75, 3.05) is 39.4 Å². The van der Waals surface area contributed by atoms with Gasteiger partial charge in [0.05, 0.1) is 19.3 Å². The van der Waals surface area contributed by atoms with E-state index >= 15 is 0 Å². The molecule has 0 aromatic carbocycles. The number of aliphatic hydroxyl groups is 3. The first-order chi connectivity index (χ1) is 13.3. The quantitative estimate of drug-likeness (QED) is 0.274. The highest BCUT2D eigenvalue weighted by molar-refractivity contribution is 6.01. The van der Waals surface area contributed by atoms with E-state index < -0.39 is 48.3 Å². The number of aliphatic hydroxyl groups excluding tert-OH is 3. The smallest absolute Gasteiger partial charge is 0.409 e. The molecule has 2 saturated heterocycles. The van der Waals surface area contributed by atoms with E-state index in [0.717, 1.165) is 0 Å². The highest BCUT2D eigenvalue weighted by Crippen LogP contribution is 2.24. The number of carboxylic acids is 1. The van der Waals surface area contributed by atoms with Crippen LogP contribution in [-0.4, -0.2) is 118 Å². The van der Waals surface area contributed by atoms with Crippen molar-refractivity contribution in [1.82, 2.24) is 9.80 Å². The van der Waals surface area contributed by atoms with Crippen LogP contribution in [0.1, 0.15) is 27.2 Å². The molecule has 2 aliphatic heterocycles. The van der Waals surface area contributed by atoms with Crippen molar-refractivity contribution >= 4 is 17.8 Å². The van der Waals surface area contributed by atoms with Gasteiger partial charge >= 0.3 is 12.1 Å². The zero-order valence-corrected chi connectivity index (χ0v) is 15.8. The van der Waals surface area contributed by atoms with Crippen molar-refractivity contribution in [1.29, 1.82) is 0 Å². The van der Waals surface area contributed by atoms with Crippen LogP contribution in [0.5, 0.6) is 0 Å². The molecule has 29 heavy (non-hydrogen) atoms. The molecule has 2 fully saturated rings. The zero-order valence-electron chi connectivity index (χ0n) is 15.8. The van der Waals surface area contributed by atoms with Crippen molar-refractivity contribution in [3.63, 3.8) is 0 Å². The highest BCUT2D eigenvalue weighted by Gasteiger charge is 2.41. The van der Waals surface area contributed by atoms with Crippen LogP contribution < -0.4 is 0 Å². The summed E-state index contributed by atoms with van der Waals surface area (Å²) in [7, 11) is 0. The molecule has 4 N–H and O–H groups in total. The molecule has 1 amide bonds. The molecule has 2 aliphatic rings. The van der Waals surface area contributed by atoms with E-state index in [1.165, 1.54) is 16.7 Å². The minimum atomic E-state index is -1.20. The fourth-order valence-electron chi connectivity index (χ4n) is 3.50. The topological polar surface area (TPSA) is 157 Å². The minimum absolute atomic E-state index is 0. The van der Waals surface area contributed by atoms with Gasteiger partial charge in [-0.05, 0) is 19.8 Å². The van der Waals surface area contributed by atoms with Gasteiger partial charge in [0.15, 0.2) is 11.8 Å². The normalized spacial score (nSPS) is 28.5. The lowest BCUT2D eigenvalue weighted by atomic mass is 10.0. The van der Waals surface area contributed by atoms with Crippen molar-refractivity contribution in [2.24, 2.45) is 0 Å². The van der Waals surface area contributed by atoms with Crippen LogP contribution in [0.15, 0.2) is 0 Å². The van der Waals surface area contributed by atoms with Crippen molar-refractivity contribution in [3.05, 3.63) is 0 Å². The Morgan fingerprint density at radius 3 is 2.17 bits per heavy atom. The van der Waals surface area contributed by atoms with Gasteiger partial charge in [0.1, 0.15) is 18.3 Å². The van der Waals surface area contributed by atoms with E-state index in [4.69, 9.17) is 19.7 Å². The van der Waals surface area contributed by atoms with Gasteiger partial charge in [0.2, 0.25) is 0 Å². The third-order valence-corrected chi connectivity index (χ3v) is 5.06. The van der Waals surface area contributed by atoms with E-state index in [9.17, 15) is 24.6 Å². The highest BCUT2D eigenvalue weighted by atomic mass is 16.6. The second kappa shape index (κ2) is 11.4. The number of hydrogen-bond acceptors (Lipinski definition) is 9. The molecule has 11 heteroatoms.